The molecule has 0 radical (unpaired) electrons. The largest absolute Gasteiger partial charge is 0.483 e. The standard InChI is InChI=1S/C11H16N4OS/c1-4-6-17-11-9(7-12)10(14-15(11)3)13-8-16-5-2/h8H,4-6H2,1-3H3. The minimum absolute atomic E-state index is 0.419. The molecule has 92 valence electrons. The number of nitriles is 1. The summed E-state index contributed by atoms with van der Waals surface area (Å²) in [6.45, 7) is 4.53. The molecule has 0 fully saturated rings. The maximum Gasteiger partial charge on any atom is 0.195 e. The summed E-state index contributed by atoms with van der Waals surface area (Å²) in [5.41, 5.74) is 0.516. The summed E-state index contributed by atoms with van der Waals surface area (Å²) in [5, 5.41) is 14.2. The number of aromatic nitrogens is 2. The van der Waals surface area contributed by atoms with Crippen molar-refractivity contribution in [1.29, 1.82) is 5.26 Å². The van der Waals surface area contributed by atoms with Crippen molar-refractivity contribution >= 4 is 24.0 Å². The molecule has 0 amide bonds. The fourth-order valence-electron chi connectivity index (χ4n) is 1.21. The zero-order chi connectivity index (χ0) is 12.7. The molecule has 0 atom stereocenters. The van der Waals surface area contributed by atoms with Gasteiger partial charge in [0.15, 0.2) is 12.2 Å². The summed E-state index contributed by atoms with van der Waals surface area (Å²) in [4.78, 5) is 4.04. The van der Waals surface area contributed by atoms with Gasteiger partial charge in [-0.2, -0.15) is 15.4 Å². The highest BCUT2D eigenvalue weighted by Crippen LogP contribution is 2.29. The van der Waals surface area contributed by atoms with Crippen LogP contribution in [0.3, 0.4) is 0 Å². The topological polar surface area (TPSA) is 63.2 Å². The Labute approximate surface area is 105 Å². The van der Waals surface area contributed by atoms with Gasteiger partial charge in [0, 0.05) is 7.05 Å². The van der Waals surface area contributed by atoms with Gasteiger partial charge in [-0.05, 0) is 19.1 Å². The van der Waals surface area contributed by atoms with Crippen molar-refractivity contribution < 1.29 is 4.74 Å². The van der Waals surface area contributed by atoms with Crippen LogP contribution in [0.5, 0.6) is 0 Å². The van der Waals surface area contributed by atoms with Crippen molar-refractivity contribution in [3.63, 3.8) is 0 Å². The predicted octanol–water partition coefficient (Wildman–Crippen LogP) is 2.49. The van der Waals surface area contributed by atoms with Gasteiger partial charge in [0.05, 0.1) is 6.61 Å². The van der Waals surface area contributed by atoms with Crippen LogP contribution in [0, 0.1) is 11.3 Å². The molecule has 1 aromatic rings. The second kappa shape index (κ2) is 6.97. The van der Waals surface area contributed by atoms with E-state index in [0.717, 1.165) is 17.2 Å². The van der Waals surface area contributed by atoms with E-state index in [2.05, 4.69) is 23.1 Å². The minimum atomic E-state index is 0.419. The third kappa shape index (κ3) is 3.49. The first-order valence-electron chi connectivity index (χ1n) is 5.48. The minimum Gasteiger partial charge on any atom is -0.483 e. The molecule has 0 bridgehead atoms. The van der Waals surface area contributed by atoms with Crippen LogP contribution < -0.4 is 0 Å². The van der Waals surface area contributed by atoms with Gasteiger partial charge >= 0.3 is 0 Å². The molecule has 0 aliphatic heterocycles. The van der Waals surface area contributed by atoms with Gasteiger partial charge in [-0.1, -0.05) is 6.92 Å². The van der Waals surface area contributed by atoms with Crippen LogP contribution in [0.1, 0.15) is 25.8 Å². The van der Waals surface area contributed by atoms with Crippen molar-refractivity contribution in [2.45, 2.75) is 25.3 Å². The quantitative estimate of drug-likeness (QED) is 0.443. The second-order valence-electron chi connectivity index (χ2n) is 3.28. The lowest BCUT2D eigenvalue weighted by Gasteiger charge is -1.99. The molecule has 0 unspecified atom stereocenters. The molecule has 0 saturated heterocycles. The van der Waals surface area contributed by atoms with E-state index in [0.29, 0.717) is 18.0 Å². The number of aryl methyl sites for hydroxylation is 1. The fourth-order valence-corrected chi connectivity index (χ4v) is 2.12. The highest BCUT2D eigenvalue weighted by molar-refractivity contribution is 7.99. The van der Waals surface area contributed by atoms with Gasteiger partial charge in [-0.25, -0.2) is 0 Å². The van der Waals surface area contributed by atoms with E-state index in [9.17, 15) is 0 Å². The maximum atomic E-state index is 9.14. The highest BCUT2D eigenvalue weighted by atomic mass is 32.2. The van der Waals surface area contributed by atoms with Gasteiger partial charge in [-0.3, -0.25) is 4.68 Å². The normalized spacial score (nSPS) is 10.7. The first-order valence-corrected chi connectivity index (χ1v) is 6.47. The average Bonchev–Trinajstić information content (AvgIpc) is 2.62. The van der Waals surface area contributed by atoms with Crippen molar-refractivity contribution in [3.8, 4) is 6.07 Å². The number of nitrogens with zero attached hydrogens (tertiary/aromatic N) is 4. The summed E-state index contributed by atoms with van der Waals surface area (Å²) in [6.07, 6.45) is 2.38. The number of ether oxygens (including phenoxy) is 1. The molecule has 0 aliphatic rings. The Bertz CT molecular complexity index is 433. The Balaban J connectivity index is 2.96. The van der Waals surface area contributed by atoms with Crippen LogP contribution in [0.2, 0.25) is 0 Å². The molecule has 6 heteroatoms. The van der Waals surface area contributed by atoms with E-state index in [1.807, 2.05) is 14.0 Å². The van der Waals surface area contributed by atoms with Gasteiger partial charge in [0.1, 0.15) is 16.7 Å². The van der Waals surface area contributed by atoms with E-state index in [1.54, 1.807) is 16.4 Å². The molecule has 17 heavy (non-hydrogen) atoms. The van der Waals surface area contributed by atoms with Crippen LogP contribution in [0.15, 0.2) is 10.0 Å². The van der Waals surface area contributed by atoms with Crippen molar-refractivity contribution in [2.75, 3.05) is 12.4 Å². The first kappa shape index (κ1) is 13.6. The summed E-state index contributed by atoms with van der Waals surface area (Å²) in [5.74, 6) is 1.38. The van der Waals surface area contributed by atoms with E-state index in [-0.39, 0.29) is 0 Å². The summed E-state index contributed by atoms with van der Waals surface area (Å²) in [6, 6.07) is 2.15. The SMILES string of the molecule is CCCSc1c(C#N)c(N=COCC)nn1C. The van der Waals surface area contributed by atoms with Crippen LogP contribution in [-0.4, -0.2) is 28.5 Å². The van der Waals surface area contributed by atoms with E-state index >= 15 is 0 Å². The van der Waals surface area contributed by atoms with E-state index < -0.39 is 0 Å². The molecule has 1 rings (SSSR count). The highest BCUT2D eigenvalue weighted by Gasteiger charge is 2.15. The molecule has 0 spiro atoms. The third-order valence-electron chi connectivity index (χ3n) is 1.95. The zero-order valence-corrected chi connectivity index (χ0v) is 11.1. The maximum absolute atomic E-state index is 9.14. The van der Waals surface area contributed by atoms with Crippen molar-refractivity contribution in [2.24, 2.45) is 12.0 Å². The van der Waals surface area contributed by atoms with Gasteiger partial charge in [-0.15, -0.1) is 11.8 Å². The molecule has 1 heterocycles. The zero-order valence-electron chi connectivity index (χ0n) is 10.3. The van der Waals surface area contributed by atoms with Crippen LogP contribution in [-0.2, 0) is 11.8 Å². The number of rotatable bonds is 6. The number of thioether (sulfide) groups is 1. The Morgan fingerprint density at radius 2 is 2.35 bits per heavy atom. The summed E-state index contributed by atoms with van der Waals surface area (Å²) < 4.78 is 6.70. The number of hydrogen-bond acceptors (Lipinski definition) is 5. The van der Waals surface area contributed by atoms with Gasteiger partial charge < -0.3 is 4.74 Å². The fraction of sp³-hybridized carbons (Fsp3) is 0.545. The monoisotopic (exact) mass is 252 g/mol. The number of aliphatic imine (C=N–C) groups is 1. The smallest absolute Gasteiger partial charge is 0.195 e. The molecule has 0 N–H and O–H groups in total. The Kier molecular flexibility index (Phi) is 5.57. The second-order valence-corrected chi connectivity index (χ2v) is 4.36. The van der Waals surface area contributed by atoms with Crippen molar-refractivity contribution in [3.05, 3.63) is 5.56 Å². The molecule has 5 nitrogen and oxygen atoms in total. The lowest BCUT2D eigenvalue weighted by Crippen LogP contribution is -1.93. The van der Waals surface area contributed by atoms with E-state index in [1.165, 1.54) is 6.40 Å². The lowest BCUT2D eigenvalue weighted by molar-refractivity contribution is 0.344. The van der Waals surface area contributed by atoms with Crippen molar-refractivity contribution in [1.82, 2.24) is 9.78 Å². The Morgan fingerprint density at radius 3 is 2.94 bits per heavy atom. The Morgan fingerprint density at radius 1 is 1.59 bits per heavy atom. The molecule has 0 aromatic carbocycles. The average molecular weight is 252 g/mol. The first-order chi connectivity index (χ1) is 8.24. The molecule has 0 saturated carbocycles. The van der Waals surface area contributed by atoms with Crippen LogP contribution >= 0.6 is 11.8 Å². The summed E-state index contributed by atoms with van der Waals surface area (Å²) in [7, 11) is 1.82. The van der Waals surface area contributed by atoms with Crippen LogP contribution in [0.4, 0.5) is 5.82 Å². The van der Waals surface area contributed by atoms with Gasteiger partial charge in [0.25, 0.3) is 0 Å². The third-order valence-corrected chi connectivity index (χ3v) is 3.30. The van der Waals surface area contributed by atoms with E-state index in [4.69, 9.17) is 10.00 Å². The molecule has 1 aromatic heterocycles. The number of hydrogen-bond donors (Lipinski definition) is 0. The molecule has 0 aliphatic carbocycles. The molecular formula is C11H16N4OS. The summed E-state index contributed by atoms with van der Waals surface area (Å²) >= 11 is 1.62. The lowest BCUT2D eigenvalue weighted by atomic mass is 10.4. The Hall–Kier alpha value is -1.48. The predicted molar refractivity (Wildman–Crippen MR) is 68.7 cm³/mol. The molecular weight excluding hydrogens is 236 g/mol. The van der Waals surface area contributed by atoms with Crippen LogP contribution in [0.25, 0.3) is 0 Å². The van der Waals surface area contributed by atoms with Gasteiger partial charge in [0.2, 0.25) is 0 Å².